The van der Waals surface area contributed by atoms with Crippen LogP contribution in [-0.2, 0) is 9.53 Å². The van der Waals surface area contributed by atoms with Crippen LogP contribution in [-0.4, -0.2) is 31.7 Å². The van der Waals surface area contributed by atoms with E-state index >= 15 is 0 Å². The Hall–Kier alpha value is -0.610. The van der Waals surface area contributed by atoms with Crippen LogP contribution in [0.15, 0.2) is 0 Å². The molecular weight excluding hydrogens is 240 g/mol. The van der Waals surface area contributed by atoms with Crippen molar-refractivity contribution in [1.29, 1.82) is 0 Å². The normalized spacial score (nSPS) is 37.0. The second-order valence-corrected chi connectivity index (χ2v) is 6.50. The summed E-state index contributed by atoms with van der Waals surface area (Å²) in [6.07, 6.45) is 4.03. The largest absolute Gasteiger partial charge is 0.381 e. The van der Waals surface area contributed by atoms with E-state index in [1.807, 2.05) is 0 Å². The Labute approximate surface area is 116 Å². The van der Waals surface area contributed by atoms with E-state index in [1.54, 1.807) is 0 Å². The van der Waals surface area contributed by atoms with Crippen LogP contribution in [0.3, 0.4) is 0 Å². The molecule has 0 radical (unpaired) electrons. The summed E-state index contributed by atoms with van der Waals surface area (Å²) in [5.41, 5.74) is 6.11. The number of nitrogens with two attached hydrogens (primary N) is 1. The van der Waals surface area contributed by atoms with E-state index in [9.17, 15) is 4.79 Å². The van der Waals surface area contributed by atoms with Gasteiger partial charge in [0.15, 0.2) is 0 Å². The number of nitrogens with one attached hydrogen (secondary N) is 1. The van der Waals surface area contributed by atoms with Gasteiger partial charge >= 0.3 is 0 Å². The van der Waals surface area contributed by atoms with Gasteiger partial charge in [-0.2, -0.15) is 0 Å². The summed E-state index contributed by atoms with van der Waals surface area (Å²) in [4.78, 5) is 12.3. The second-order valence-electron chi connectivity index (χ2n) is 6.50. The highest BCUT2D eigenvalue weighted by atomic mass is 16.5. The number of carbonyl (C=O) groups is 1. The lowest BCUT2D eigenvalue weighted by molar-refractivity contribution is -0.128. The molecule has 2 aliphatic rings. The molecule has 0 aromatic rings. The highest BCUT2D eigenvalue weighted by Crippen LogP contribution is 2.33. The van der Waals surface area contributed by atoms with Crippen LogP contribution in [0.5, 0.6) is 0 Å². The van der Waals surface area contributed by atoms with Crippen molar-refractivity contribution in [2.75, 3.05) is 19.8 Å². The van der Waals surface area contributed by atoms with E-state index in [1.165, 1.54) is 0 Å². The van der Waals surface area contributed by atoms with Crippen LogP contribution >= 0.6 is 0 Å². The Morgan fingerprint density at radius 1 is 1.21 bits per heavy atom. The molecule has 0 aromatic heterocycles. The molecule has 1 aliphatic heterocycles. The number of carbonyl (C=O) groups excluding carboxylic acids is 1. The van der Waals surface area contributed by atoms with Crippen molar-refractivity contribution in [2.24, 2.45) is 29.4 Å². The van der Waals surface area contributed by atoms with Crippen LogP contribution in [0.25, 0.3) is 0 Å². The summed E-state index contributed by atoms with van der Waals surface area (Å²) >= 11 is 0. The highest BCUT2D eigenvalue weighted by Gasteiger charge is 2.35. The van der Waals surface area contributed by atoms with Gasteiger partial charge in [0.25, 0.3) is 0 Å². The molecule has 4 heteroatoms. The summed E-state index contributed by atoms with van der Waals surface area (Å²) in [7, 11) is 0. The van der Waals surface area contributed by atoms with Gasteiger partial charge in [-0.05, 0) is 43.4 Å². The van der Waals surface area contributed by atoms with Gasteiger partial charge in [-0.15, -0.1) is 0 Å². The van der Waals surface area contributed by atoms with Gasteiger partial charge in [-0.1, -0.05) is 13.8 Å². The first kappa shape index (κ1) is 14.8. The first-order chi connectivity index (χ1) is 9.08. The molecule has 0 spiro atoms. The molecule has 110 valence electrons. The maximum Gasteiger partial charge on any atom is 0.223 e. The number of hydrogen-bond donors (Lipinski definition) is 2. The Kier molecular flexibility index (Phi) is 5.22. The number of ether oxygens (including phenoxy) is 1. The fraction of sp³-hybridized carbons (Fsp3) is 0.933. The lowest BCUT2D eigenvalue weighted by atomic mass is 9.72. The van der Waals surface area contributed by atoms with Crippen molar-refractivity contribution < 1.29 is 9.53 Å². The molecule has 1 aliphatic carbocycles. The van der Waals surface area contributed by atoms with Gasteiger partial charge in [0.1, 0.15) is 0 Å². The van der Waals surface area contributed by atoms with E-state index < -0.39 is 0 Å². The minimum atomic E-state index is 0.103. The second kappa shape index (κ2) is 6.71. The average molecular weight is 268 g/mol. The molecular formula is C15H28N2O2. The third kappa shape index (κ3) is 3.93. The molecule has 19 heavy (non-hydrogen) atoms. The zero-order valence-electron chi connectivity index (χ0n) is 12.2. The third-order valence-electron chi connectivity index (χ3n) is 4.93. The van der Waals surface area contributed by atoms with Crippen molar-refractivity contribution in [2.45, 2.75) is 45.6 Å². The van der Waals surface area contributed by atoms with Gasteiger partial charge < -0.3 is 15.8 Å². The number of rotatable bonds is 3. The molecule has 2 fully saturated rings. The highest BCUT2D eigenvalue weighted by molar-refractivity contribution is 5.79. The summed E-state index contributed by atoms with van der Waals surface area (Å²) < 4.78 is 5.34. The van der Waals surface area contributed by atoms with E-state index in [2.05, 4.69) is 19.2 Å². The predicted molar refractivity (Wildman–Crippen MR) is 75.6 cm³/mol. The van der Waals surface area contributed by atoms with Crippen LogP contribution in [0.1, 0.15) is 39.5 Å². The van der Waals surface area contributed by atoms with E-state index in [-0.39, 0.29) is 17.9 Å². The smallest absolute Gasteiger partial charge is 0.223 e. The van der Waals surface area contributed by atoms with Crippen molar-refractivity contribution in [3.8, 4) is 0 Å². The Bertz CT molecular complexity index is 303. The maximum absolute atomic E-state index is 12.3. The summed E-state index contributed by atoms with van der Waals surface area (Å²) in [6, 6.07) is 0.176. The van der Waals surface area contributed by atoms with Crippen LogP contribution in [0.4, 0.5) is 0 Å². The molecule has 1 saturated carbocycles. The quantitative estimate of drug-likeness (QED) is 0.816. The molecule has 0 aromatic carbocycles. The van der Waals surface area contributed by atoms with Crippen LogP contribution in [0.2, 0.25) is 0 Å². The molecule has 3 N–H and O–H groups in total. The topological polar surface area (TPSA) is 64.3 Å². The number of amides is 1. The first-order valence-corrected chi connectivity index (χ1v) is 7.69. The van der Waals surface area contributed by atoms with Crippen molar-refractivity contribution in [1.82, 2.24) is 5.32 Å². The monoisotopic (exact) mass is 268 g/mol. The van der Waals surface area contributed by atoms with Gasteiger partial charge in [-0.3, -0.25) is 4.79 Å². The van der Waals surface area contributed by atoms with E-state index in [0.29, 0.717) is 17.8 Å². The van der Waals surface area contributed by atoms with Crippen LogP contribution in [0, 0.1) is 23.7 Å². The van der Waals surface area contributed by atoms with Gasteiger partial charge in [0, 0.05) is 31.7 Å². The minimum absolute atomic E-state index is 0.103. The summed E-state index contributed by atoms with van der Waals surface area (Å²) in [5, 5.41) is 3.14. The standard InChI is InChI=1S/C15H28N2O2/c1-10-7-11(2)14(16)8-13(10)15(18)17-9-12-3-5-19-6-4-12/h10-14H,3-9,16H2,1-2H3,(H,17,18). The van der Waals surface area contributed by atoms with Gasteiger partial charge in [-0.25, -0.2) is 0 Å². The molecule has 2 rings (SSSR count). The predicted octanol–water partition coefficient (Wildman–Crippen LogP) is 1.54. The van der Waals surface area contributed by atoms with E-state index in [4.69, 9.17) is 10.5 Å². The third-order valence-corrected chi connectivity index (χ3v) is 4.93. The molecule has 1 amide bonds. The van der Waals surface area contributed by atoms with E-state index in [0.717, 1.165) is 45.4 Å². The van der Waals surface area contributed by atoms with Gasteiger partial charge in [0.2, 0.25) is 5.91 Å². The van der Waals surface area contributed by atoms with Crippen molar-refractivity contribution in [3.63, 3.8) is 0 Å². The zero-order valence-corrected chi connectivity index (χ0v) is 12.2. The summed E-state index contributed by atoms with van der Waals surface area (Å²) in [6.45, 7) is 6.85. The maximum atomic E-state index is 12.3. The lowest BCUT2D eigenvalue weighted by Gasteiger charge is -2.36. The average Bonchev–Trinajstić information content (AvgIpc) is 2.41. The first-order valence-electron chi connectivity index (χ1n) is 7.69. The SMILES string of the molecule is CC1CC(C)C(C(=O)NCC2CCOCC2)CC1N. The molecule has 4 atom stereocenters. The van der Waals surface area contributed by atoms with Crippen molar-refractivity contribution in [3.05, 3.63) is 0 Å². The number of hydrogen-bond acceptors (Lipinski definition) is 3. The lowest BCUT2D eigenvalue weighted by Crippen LogP contribution is -2.46. The molecule has 4 nitrogen and oxygen atoms in total. The fourth-order valence-electron chi connectivity index (χ4n) is 3.38. The minimum Gasteiger partial charge on any atom is -0.381 e. The molecule has 4 unspecified atom stereocenters. The molecule has 0 bridgehead atoms. The molecule has 1 saturated heterocycles. The zero-order chi connectivity index (χ0) is 13.8. The fourth-order valence-corrected chi connectivity index (χ4v) is 3.38. The van der Waals surface area contributed by atoms with Gasteiger partial charge in [0.05, 0.1) is 0 Å². The van der Waals surface area contributed by atoms with Crippen LogP contribution < -0.4 is 11.1 Å². The molecule has 1 heterocycles. The Morgan fingerprint density at radius 3 is 2.58 bits per heavy atom. The van der Waals surface area contributed by atoms with Crippen molar-refractivity contribution >= 4 is 5.91 Å². The Balaban J connectivity index is 1.78. The summed E-state index contributed by atoms with van der Waals surface area (Å²) in [5.74, 6) is 1.88. The Morgan fingerprint density at radius 2 is 1.89 bits per heavy atom.